The van der Waals surface area contributed by atoms with Crippen molar-refractivity contribution in [2.45, 2.75) is 6.85 Å². The summed E-state index contributed by atoms with van der Waals surface area (Å²) in [5, 5.41) is 17.8. The van der Waals surface area contributed by atoms with Crippen LogP contribution in [0.2, 0.25) is 0 Å². The summed E-state index contributed by atoms with van der Waals surface area (Å²) in [6.45, 7) is -5.77. The molecular weight excluding hydrogens is 155 g/mol. The lowest BCUT2D eigenvalue weighted by Gasteiger charge is -2.04. The van der Waals surface area contributed by atoms with E-state index < -0.39 is 20.5 Å². The molecule has 4 heteroatoms. The molecule has 0 heterocycles. The van der Waals surface area contributed by atoms with Crippen molar-refractivity contribution in [1.82, 2.24) is 0 Å². The summed E-state index contributed by atoms with van der Waals surface area (Å²) < 4.78 is 40.1. The van der Waals surface area contributed by atoms with Crippen molar-refractivity contribution >= 4 is 12.6 Å². The standard InChI is InChI=1S/C8H11BO3/c1-2-12-8-5-3-4-7(6-8)9(10)11/h3-6,10-11H,2H2,1H3/i1D3,2D2. The van der Waals surface area contributed by atoms with Crippen LogP contribution < -0.4 is 10.2 Å². The maximum Gasteiger partial charge on any atom is 0.488 e. The third-order valence-corrected chi connectivity index (χ3v) is 1.33. The highest BCUT2D eigenvalue weighted by atomic mass is 16.5. The zero-order valence-electron chi connectivity index (χ0n) is 11.2. The molecule has 12 heavy (non-hydrogen) atoms. The molecule has 1 aromatic carbocycles. The van der Waals surface area contributed by atoms with E-state index in [-0.39, 0.29) is 11.2 Å². The predicted molar refractivity (Wildman–Crippen MR) is 47.4 cm³/mol. The van der Waals surface area contributed by atoms with Gasteiger partial charge in [-0.15, -0.1) is 0 Å². The van der Waals surface area contributed by atoms with E-state index in [9.17, 15) is 0 Å². The van der Waals surface area contributed by atoms with Gasteiger partial charge < -0.3 is 14.8 Å². The van der Waals surface area contributed by atoms with Crippen LogP contribution in [0.25, 0.3) is 0 Å². The summed E-state index contributed by atoms with van der Waals surface area (Å²) in [5.41, 5.74) is 0.0869. The topological polar surface area (TPSA) is 49.7 Å². The largest absolute Gasteiger partial charge is 0.494 e. The van der Waals surface area contributed by atoms with E-state index in [0.29, 0.717) is 0 Å². The maximum absolute atomic E-state index is 8.90. The van der Waals surface area contributed by atoms with Gasteiger partial charge in [-0.25, -0.2) is 0 Å². The number of hydrogen-bond donors (Lipinski definition) is 2. The minimum Gasteiger partial charge on any atom is -0.494 e. The Morgan fingerprint density at radius 2 is 2.50 bits per heavy atom. The maximum atomic E-state index is 8.90. The van der Waals surface area contributed by atoms with Crippen molar-refractivity contribution in [1.29, 1.82) is 0 Å². The molecule has 0 atom stereocenters. The molecule has 1 aromatic rings. The van der Waals surface area contributed by atoms with Crippen LogP contribution in [0.3, 0.4) is 0 Å². The average molecular weight is 171 g/mol. The minimum atomic E-state index is -2.93. The van der Waals surface area contributed by atoms with Gasteiger partial charge in [0.15, 0.2) is 0 Å². The van der Waals surface area contributed by atoms with E-state index in [1.54, 1.807) is 0 Å². The van der Waals surface area contributed by atoms with Gasteiger partial charge in [-0.05, 0) is 24.4 Å². The molecule has 3 nitrogen and oxygen atoms in total. The smallest absolute Gasteiger partial charge is 0.488 e. The molecular formula is C8H11BO3. The second-order valence-corrected chi connectivity index (χ2v) is 2.15. The molecule has 0 aromatic heterocycles. The van der Waals surface area contributed by atoms with E-state index in [2.05, 4.69) is 0 Å². The summed E-state index contributed by atoms with van der Waals surface area (Å²) in [5.74, 6) is -0.0864. The van der Waals surface area contributed by atoms with Crippen molar-refractivity contribution in [2.75, 3.05) is 6.56 Å². The molecule has 0 bridgehead atoms. The molecule has 1 rings (SSSR count). The zero-order chi connectivity index (χ0) is 13.3. The van der Waals surface area contributed by atoms with Crippen LogP contribution in [-0.4, -0.2) is 23.7 Å². The summed E-state index contributed by atoms with van der Waals surface area (Å²) >= 11 is 0. The van der Waals surface area contributed by atoms with E-state index in [1.165, 1.54) is 18.2 Å². The fraction of sp³-hybridized carbons (Fsp3) is 0.250. The summed E-state index contributed by atoms with van der Waals surface area (Å²) in [6, 6.07) is 5.28. The fourth-order valence-corrected chi connectivity index (χ4v) is 0.798. The first-order chi connectivity index (χ1) is 7.63. The third-order valence-electron chi connectivity index (χ3n) is 1.33. The van der Waals surface area contributed by atoms with Crippen LogP contribution in [0, 0.1) is 0 Å². The van der Waals surface area contributed by atoms with Gasteiger partial charge in [-0.2, -0.15) is 0 Å². The van der Waals surface area contributed by atoms with Gasteiger partial charge in [0.25, 0.3) is 0 Å². The van der Waals surface area contributed by atoms with E-state index in [1.807, 2.05) is 0 Å². The number of rotatable bonds is 3. The minimum absolute atomic E-state index is 0.0864. The van der Waals surface area contributed by atoms with E-state index in [4.69, 9.17) is 21.6 Å². The first-order valence-electron chi connectivity index (χ1n) is 5.78. The third kappa shape index (κ3) is 2.25. The molecule has 0 unspecified atom stereocenters. The molecule has 0 aliphatic rings. The van der Waals surface area contributed by atoms with Crippen LogP contribution in [0.5, 0.6) is 5.75 Å². The van der Waals surface area contributed by atoms with Gasteiger partial charge in [0, 0.05) is 4.11 Å². The van der Waals surface area contributed by atoms with Crippen LogP contribution in [0.15, 0.2) is 24.3 Å². The van der Waals surface area contributed by atoms with Crippen molar-refractivity contribution in [2.24, 2.45) is 0 Å². The lowest BCUT2D eigenvalue weighted by molar-refractivity contribution is 0.340. The van der Waals surface area contributed by atoms with E-state index >= 15 is 0 Å². The Balaban J connectivity index is 2.92. The molecule has 2 N–H and O–H groups in total. The lowest BCUT2D eigenvalue weighted by atomic mass is 9.80. The Hall–Kier alpha value is -0.995. The first-order valence-corrected chi connectivity index (χ1v) is 3.28. The zero-order valence-corrected chi connectivity index (χ0v) is 6.19. The second kappa shape index (κ2) is 4.14. The summed E-state index contributed by atoms with van der Waals surface area (Å²) in [6.07, 6.45) is 0. The molecule has 64 valence electrons. The second-order valence-electron chi connectivity index (χ2n) is 2.15. The molecule has 0 fully saturated rings. The predicted octanol–water partition coefficient (Wildman–Crippen LogP) is -0.235. The van der Waals surface area contributed by atoms with Gasteiger partial charge in [0.05, 0.1) is 9.30 Å². The highest BCUT2D eigenvalue weighted by Crippen LogP contribution is 2.06. The number of benzene rings is 1. The average Bonchev–Trinajstić information content (AvgIpc) is 2.15. The van der Waals surface area contributed by atoms with Gasteiger partial charge >= 0.3 is 7.12 Å². The Bertz CT molecular complexity index is 393. The normalized spacial score (nSPS) is 18.0. The molecule has 0 aliphatic heterocycles. The van der Waals surface area contributed by atoms with Crippen molar-refractivity contribution < 1.29 is 21.6 Å². The van der Waals surface area contributed by atoms with Crippen molar-refractivity contribution in [3.05, 3.63) is 24.3 Å². The molecule has 0 saturated heterocycles. The first kappa shape index (κ1) is 4.30. The molecule has 0 spiro atoms. The number of ether oxygens (including phenoxy) is 1. The highest BCUT2D eigenvalue weighted by Gasteiger charge is 2.10. The van der Waals surface area contributed by atoms with Gasteiger partial charge in [0.1, 0.15) is 5.75 Å². The van der Waals surface area contributed by atoms with Crippen molar-refractivity contribution in [3.63, 3.8) is 0 Å². The molecule has 0 amide bonds. The Labute approximate surface area is 78.8 Å². The summed E-state index contributed by atoms with van der Waals surface area (Å²) in [4.78, 5) is 0. The fourth-order valence-electron chi connectivity index (χ4n) is 0.798. The van der Waals surface area contributed by atoms with Crippen LogP contribution in [0.1, 0.15) is 13.7 Å². The number of hydrogen-bond acceptors (Lipinski definition) is 3. The highest BCUT2D eigenvalue weighted by molar-refractivity contribution is 6.58. The van der Waals surface area contributed by atoms with E-state index in [0.717, 1.165) is 6.07 Å². The Morgan fingerprint density at radius 3 is 3.17 bits per heavy atom. The van der Waals surface area contributed by atoms with Crippen LogP contribution in [-0.2, 0) is 0 Å². The van der Waals surface area contributed by atoms with Crippen molar-refractivity contribution in [3.8, 4) is 5.75 Å². The van der Waals surface area contributed by atoms with Crippen LogP contribution in [0.4, 0.5) is 0 Å². The SMILES string of the molecule is [2H]C([2H])([2H])C([2H])([2H])Oc1cccc(B(O)O)c1. The molecule has 0 saturated carbocycles. The van der Waals surface area contributed by atoms with Gasteiger partial charge in [-0.1, -0.05) is 12.1 Å². The summed E-state index contributed by atoms with van der Waals surface area (Å²) in [7, 11) is -1.72. The van der Waals surface area contributed by atoms with Gasteiger partial charge in [0.2, 0.25) is 0 Å². The molecule has 0 aliphatic carbocycles. The molecule has 0 radical (unpaired) electrons. The Morgan fingerprint density at radius 1 is 1.67 bits per heavy atom. The lowest BCUT2D eigenvalue weighted by Crippen LogP contribution is -2.29. The van der Waals surface area contributed by atoms with Gasteiger partial charge in [-0.3, -0.25) is 0 Å². The Kier molecular flexibility index (Phi) is 1.48. The quantitative estimate of drug-likeness (QED) is 0.617. The van der Waals surface area contributed by atoms with Crippen LogP contribution >= 0.6 is 0 Å². The monoisotopic (exact) mass is 171 g/mol.